The average molecular weight is 266 g/mol. The number of hydrogen-bond acceptors (Lipinski definition) is 4. The van der Waals surface area contributed by atoms with Crippen molar-refractivity contribution in [3.05, 3.63) is 23.7 Å². The van der Waals surface area contributed by atoms with Gasteiger partial charge in [0.2, 0.25) is 0 Å². The molecule has 0 saturated carbocycles. The summed E-state index contributed by atoms with van der Waals surface area (Å²) in [4.78, 5) is 16.0. The summed E-state index contributed by atoms with van der Waals surface area (Å²) in [7, 11) is 0. The number of aliphatic hydroxyl groups excluding tert-OH is 1. The fraction of sp³-hybridized carbons (Fsp3) is 0.643. The van der Waals surface area contributed by atoms with Crippen LogP contribution in [0.3, 0.4) is 0 Å². The zero-order valence-corrected chi connectivity index (χ0v) is 11.6. The largest absolute Gasteiger partial charge is 0.455 e. The number of carbonyl (C=O) groups excluding carboxylic acids is 1. The van der Waals surface area contributed by atoms with Gasteiger partial charge < -0.3 is 14.4 Å². The van der Waals surface area contributed by atoms with Gasteiger partial charge in [-0.25, -0.2) is 0 Å². The summed E-state index contributed by atoms with van der Waals surface area (Å²) in [5.41, 5.74) is 0. The van der Waals surface area contributed by atoms with Crippen molar-refractivity contribution in [2.24, 2.45) is 0 Å². The number of likely N-dealkylation sites (tertiary alicyclic amines) is 1. The van der Waals surface area contributed by atoms with Crippen LogP contribution in [0.5, 0.6) is 0 Å². The van der Waals surface area contributed by atoms with Crippen LogP contribution in [0.4, 0.5) is 0 Å². The Morgan fingerprint density at radius 1 is 1.47 bits per heavy atom. The molecule has 1 aliphatic rings. The Bertz CT molecular complexity index is 426. The Balaban J connectivity index is 1.98. The lowest BCUT2D eigenvalue weighted by atomic mass is 10.3. The molecule has 0 aliphatic carbocycles. The first kappa shape index (κ1) is 14.1. The smallest absolute Gasteiger partial charge is 0.289 e. The summed E-state index contributed by atoms with van der Waals surface area (Å²) in [6, 6.07) is 3.59. The van der Waals surface area contributed by atoms with E-state index in [1.165, 1.54) is 0 Å². The van der Waals surface area contributed by atoms with Gasteiger partial charge in [-0.2, -0.15) is 0 Å². The van der Waals surface area contributed by atoms with Crippen LogP contribution in [-0.2, 0) is 6.54 Å². The van der Waals surface area contributed by atoms with Crippen LogP contribution >= 0.6 is 0 Å². The number of hydrogen-bond donors (Lipinski definition) is 1. The molecule has 1 amide bonds. The fourth-order valence-corrected chi connectivity index (χ4v) is 2.33. The zero-order chi connectivity index (χ0) is 13.8. The minimum atomic E-state index is -0.394. The zero-order valence-electron chi connectivity index (χ0n) is 11.6. The van der Waals surface area contributed by atoms with E-state index in [0.29, 0.717) is 25.3 Å². The summed E-state index contributed by atoms with van der Waals surface area (Å²) in [6.07, 6.45) is 0.257. The van der Waals surface area contributed by atoms with E-state index in [-0.39, 0.29) is 5.91 Å². The van der Waals surface area contributed by atoms with E-state index in [2.05, 4.69) is 18.7 Å². The molecule has 1 fully saturated rings. The highest BCUT2D eigenvalue weighted by Gasteiger charge is 2.27. The van der Waals surface area contributed by atoms with E-state index in [0.717, 1.165) is 25.4 Å². The maximum Gasteiger partial charge on any atom is 0.289 e. The van der Waals surface area contributed by atoms with Crippen molar-refractivity contribution >= 4 is 5.91 Å². The molecular weight excluding hydrogens is 244 g/mol. The van der Waals surface area contributed by atoms with Crippen LogP contribution in [0.15, 0.2) is 16.5 Å². The summed E-state index contributed by atoms with van der Waals surface area (Å²) in [5, 5.41) is 9.45. The molecule has 19 heavy (non-hydrogen) atoms. The Kier molecular flexibility index (Phi) is 4.61. The minimum Gasteiger partial charge on any atom is -0.455 e. The van der Waals surface area contributed by atoms with Crippen molar-refractivity contribution in [2.75, 3.05) is 26.2 Å². The molecule has 1 aromatic rings. The summed E-state index contributed by atoms with van der Waals surface area (Å²) < 4.78 is 5.61. The Hall–Kier alpha value is -1.33. The van der Waals surface area contributed by atoms with Gasteiger partial charge in [0, 0.05) is 13.1 Å². The van der Waals surface area contributed by atoms with Crippen molar-refractivity contribution in [3.63, 3.8) is 0 Å². The van der Waals surface area contributed by atoms with Crippen molar-refractivity contribution in [2.45, 2.75) is 32.9 Å². The first-order valence-electron chi connectivity index (χ1n) is 6.92. The van der Waals surface area contributed by atoms with E-state index < -0.39 is 6.10 Å². The van der Waals surface area contributed by atoms with Gasteiger partial charge in [-0.1, -0.05) is 13.8 Å². The van der Waals surface area contributed by atoms with Crippen LogP contribution < -0.4 is 0 Å². The Morgan fingerprint density at radius 2 is 2.21 bits per heavy atom. The lowest BCUT2D eigenvalue weighted by Gasteiger charge is -2.16. The predicted molar refractivity (Wildman–Crippen MR) is 71.9 cm³/mol. The average Bonchev–Trinajstić information content (AvgIpc) is 3.04. The molecule has 1 N–H and O–H groups in total. The van der Waals surface area contributed by atoms with Gasteiger partial charge in [-0.3, -0.25) is 9.69 Å². The third-order valence-electron chi connectivity index (χ3n) is 3.60. The maximum atomic E-state index is 12.1. The molecule has 2 rings (SSSR count). The highest BCUT2D eigenvalue weighted by Crippen LogP contribution is 2.16. The molecule has 5 heteroatoms. The highest BCUT2D eigenvalue weighted by molar-refractivity contribution is 5.91. The fourth-order valence-electron chi connectivity index (χ4n) is 2.33. The normalized spacial score (nSPS) is 19.4. The molecule has 1 aliphatic heterocycles. The van der Waals surface area contributed by atoms with E-state index >= 15 is 0 Å². The van der Waals surface area contributed by atoms with Crippen molar-refractivity contribution in [3.8, 4) is 0 Å². The molecule has 0 bridgehead atoms. The van der Waals surface area contributed by atoms with Crippen LogP contribution in [-0.4, -0.2) is 53.1 Å². The third-order valence-corrected chi connectivity index (χ3v) is 3.60. The molecule has 106 valence electrons. The van der Waals surface area contributed by atoms with Crippen molar-refractivity contribution in [1.82, 2.24) is 9.80 Å². The minimum absolute atomic E-state index is 0.123. The molecule has 1 saturated heterocycles. The van der Waals surface area contributed by atoms with Crippen LogP contribution in [0.2, 0.25) is 0 Å². The van der Waals surface area contributed by atoms with Gasteiger partial charge in [0.1, 0.15) is 5.76 Å². The Labute approximate surface area is 113 Å². The van der Waals surface area contributed by atoms with E-state index in [1.807, 2.05) is 6.07 Å². The predicted octanol–water partition coefficient (Wildman–Crippen LogP) is 1.33. The van der Waals surface area contributed by atoms with Gasteiger partial charge in [0.05, 0.1) is 12.6 Å². The van der Waals surface area contributed by atoms with Crippen LogP contribution in [0, 0.1) is 0 Å². The molecule has 0 spiro atoms. The number of furan rings is 1. The van der Waals surface area contributed by atoms with Gasteiger partial charge >= 0.3 is 0 Å². The summed E-state index contributed by atoms with van der Waals surface area (Å²) >= 11 is 0. The molecule has 1 atom stereocenters. The van der Waals surface area contributed by atoms with E-state index in [1.54, 1.807) is 11.0 Å². The topological polar surface area (TPSA) is 56.9 Å². The number of carbonyl (C=O) groups is 1. The van der Waals surface area contributed by atoms with Gasteiger partial charge in [-0.05, 0) is 31.6 Å². The molecule has 1 aromatic heterocycles. The van der Waals surface area contributed by atoms with Gasteiger partial charge in [0.15, 0.2) is 5.76 Å². The number of nitrogens with zero attached hydrogens (tertiary/aromatic N) is 2. The monoisotopic (exact) mass is 266 g/mol. The van der Waals surface area contributed by atoms with E-state index in [9.17, 15) is 9.90 Å². The molecule has 0 aromatic carbocycles. The Morgan fingerprint density at radius 3 is 2.79 bits per heavy atom. The van der Waals surface area contributed by atoms with Gasteiger partial charge in [0.25, 0.3) is 5.91 Å². The van der Waals surface area contributed by atoms with Crippen LogP contribution in [0.1, 0.15) is 36.6 Å². The van der Waals surface area contributed by atoms with Crippen molar-refractivity contribution < 1.29 is 14.3 Å². The molecule has 0 radical (unpaired) electrons. The number of β-amino-alcohol motifs (C(OH)–C–C–N with tert-alkyl or cyclic N) is 1. The first-order valence-corrected chi connectivity index (χ1v) is 6.92. The lowest BCUT2D eigenvalue weighted by molar-refractivity contribution is 0.0730. The van der Waals surface area contributed by atoms with E-state index in [4.69, 9.17) is 4.42 Å². The lowest BCUT2D eigenvalue weighted by Crippen LogP contribution is -2.29. The maximum absolute atomic E-state index is 12.1. The summed E-state index contributed by atoms with van der Waals surface area (Å²) in [5.74, 6) is 1.06. The second-order valence-electron chi connectivity index (χ2n) is 4.92. The SMILES string of the molecule is CCN(CC)Cc1ccc(C(=O)N2CC[C@@H](O)C2)o1. The van der Waals surface area contributed by atoms with Crippen LogP contribution in [0.25, 0.3) is 0 Å². The number of amides is 1. The third kappa shape index (κ3) is 3.36. The molecule has 5 nitrogen and oxygen atoms in total. The standard InChI is InChI=1S/C14H22N2O3/c1-3-15(4-2)10-12-5-6-13(19-12)14(18)16-8-7-11(17)9-16/h5-6,11,17H,3-4,7-10H2,1-2H3/t11-/m1/s1. The number of rotatable bonds is 5. The molecule has 2 heterocycles. The summed E-state index contributed by atoms with van der Waals surface area (Å²) in [6.45, 7) is 7.85. The second kappa shape index (κ2) is 6.21. The van der Waals surface area contributed by atoms with Crippen molar-refractivity contribution in [1.29, 1.82) is 0 Å². The van der Waals surface area contributed by atoms with Gasteiger partial charge in [-0.15, -0.1) is 0 Å². The molecule has 0 unspecified atom stereocenters. The number of aliphatic hydroxyl groups is 1. The second-order valence-corrected chi connectivity index (χ2v) is 4.92. The quantitative estimate of drug-likeness (QED) is 0.873. The molecular formula is C14H22N2O3. The first-order chi connectivity index (χ1) is 9.13. The highest BCUT2D eigenvalue weighted by atomic mass is 16.4.